The first kappa shape index (κ1) is 31.0. The Balaban J connectivity index is 1.55. The molecule has 50 heavy (non-hydrogen) atoms. The van der Waals surface area contributed by atoms with Gasteiger partial charge in [-0.15, -0.1) is 0 Å². The van der Waals surface area contributed by atoms with Gasteiger partial charge in [0.05, 0.1) is 37.0 Å². The van der Waals surface area contributed by atoms with E-state index in [9.17, 15) is 5.11 Å². The van der Waals surface area contributed by atoms with Gasteiger partial charge in [0.15, 0.2) is 0 Å². The fourth-order valence-electron chi connectivity index (χ4n) is 6.87. The molecule has 8 bridgehead atoms. The molecule has 3 N–H and O–H groups in total. The number of nitrogens with one attached hydrogen (secondary N) is 2. The van der Waals surface area contributed by atoms with Crippen LogP contribution < -0.4 is 9.47 Å². The number of aromatic nitrogens is 4. The van der Waals surface area contributed by atoms with Gasteiger partial charge in [-0.25, -0.2) is 9.97 Å². The molecule has 2 aliphatic heterocycles. The number of methoxy groups -OCH3 is 2. The highest BCUT2D eigenvalue weighted by Crippen LogP contribution is 2.38. The van der Waals surface area contributed by atoms with E-state index < -0.39 is 0 Å². The summed E-state index contributed by atoms with van der Waals surface area (Å²) in [7, 11) is 3.37. The van der Waals surface area contributed by atoms with E-state index in [1.807, 2.05) is 48.5 Å². The first-order valence-corrected chi connectivity index (χ1v) is 16.8. The van der Waals surface area contributed by atoms with Crippen molar-refractivity contribution in [1.82, 2.24) is 19.9 Å². The lowest BCUT2D eigenvalue weighted by Crippen LogP contribution is -1.92. The van der Waals surface area contributed by atoms with Crippen LogP contribution >= 0.6 is 0 Å². The van der Waals surface area contributed by atoms with Crippen LogP contribution in [0.3, 0.4) is 0 Å². The van der Waals surface area contributed by atoms with E-state index in [4.69, 9.17) is 19.4 Å². The number of aromatic hydroxyl groups is 1. The summed E-state index contributed by atoms with van der Waals surface area (Å²) in [5.41, 5.74) is 14.1. The molecular formula is C43H36N4O3. The third-order valence-corrected chi connectivity index (χ3v) is 9.24. The molecule has 246 valence electrons. The normalized spacial score (nSPS) is 12.0. The number of ether oxygens (including phenoxy) is 2. The standard InChI is InChI=1S/C43H36N4O3/c1-4-7-32-33-16-18-37(44-33)42(27-8-5-10-30(24-27)49-2)39-22-20-35(46-39)41(26-12-14-29(48)15-13-26)36-21-23-40(47-36)43(38-19-17-34(32)45-38)28-9-6-11-31(25-28)50-3/h5-6,8-25,44,47-48H,4,7H2,1-3H3. The number of fused-ring (bicyclic) bond motifs is 8. The highest BCUT2D eigenvalue weighted by molar-refractivity contribution is 5.98. The molecule has 5 heterocycles. The molecule has 0 atom stereocenters. The number of phenolic OH excluding ortho intramolecular Hbond substituents is 1. The molecule has 0 amide bonds. The number of hydrogen-bond acceptors (Lipinski definition) is 5. The van der Waals surface area contributed by atoms with Gasteiger partial charge >= 0.3 is 0 Å². The van der Waals surface area contributed by atoms with Gasteiger partial charge in [-0.2, -0.15) is 0 Å². The monoisotopic (exact) mass is 656 g/mol. The Bertz CT molecular complexity index is 2440. The fraction of sp³-hybridized carbons (Fsp3) is 0.116. The number of hydrogen-bond donors (Lipinski definition) is 3. The van der Waals surface area contributed by atoms with Crippen LogP contribution in [0.1, 0.15) is 41.7 Å². The minimum absolute atomic E-state index is 0.202. The molecule has 3 aromatic heterocycles. The Morgan fingerprint density at radius 2 is 1.00 bits per heavy atom. The molecule has 7 heteroatoms. The summed E-state index contributed by atoms with van der Waals surface area (Å²) in [6.45, 7) is 2.19. The number of aromatic amines is 2. The average Bonchev–Trinajstić information content (AvgIpc) is 3.98. The molecular weight excluding hydrogens is 620 g/mol. The van der Waals surface area contributed by atoms with Crippen molar-refractivity contribution in [2.24, 2.45) is 0 Å². The maximum Gasteiger partial charge on any atom is 0.119 e. The van der Waals surface area contributed by atoms with E-state index in [-0.39, 0.29) is 5.75 Å². The second-order valence-corrected chi connectivity index (χ2v) is 12.4. The fourth-order valence-corrected chi connectivity index (χ4v) is 6.87. The first-order valence-electron chi connectivity index (χ1n) is 16.8. The molecule has 3 aromatic carbocycles. The van der Waals surface area contributed by atoms with Crippen molar-refractivity contribution >= 4 is 46.4 Å². The molecule has 0 radical (unpaired) electrons. The zero-order valence-corrected chi connectivity index (χ0v) is 28.1. The molecule has 0 saturated heterocycles. The predicted molar refractivity (Wildman–Crippen MR) is 204 cm³/mol. The lowest BCUT2D eigenvalue weighted by atomic mass is 10.0. The quantitative estimate of drug-likeness (QED) is 0.159. The van der Waals surface area contributed by atoms with Crippen LogP contribution in [0.15, 0.2) is 97.1 Å². The number of aryl methyl sites for hydroxylation is 1. The van der Waals surface area contributed by atoms with E-state index in [2.05, 4.69) is 77.6 Å². The van der Waals surface area contributed by atoms with Gasteiger partial charge in [0.25, 0.3) is 0 Å². The van der Waals surface area contributed by atoms with Crippen LogP contribution in [0.2, 0.25) is 0 Å². The van der Waals surface area contributed by atoms with E-state index >= 15 is 0 Å². The number of nitrogens with zero attached hydrogens (tertiary/aromatic N) is 2. The molecule has 0 spiro atoms. The summed E-state index contributed by atoms with van der Waals surface area (Å²) in [5.74, 6) is 1.74. The van der Waals surface area contributed by atoms with Crippen LogP contribution in [0.5, 0.6) is 17.2 Å². The van der Waals surface area contributed by atoms with Crippen molar-refractivity contribution in [3.8, 4) is 50.6 Å². The smallest absolute Gasteiger partial charge is 0.119 e. The lowest BCUT2D eigenvalue weighted by Gasteiger charge is -2.08. The molecule has 7 nitrogen and oxygen atoms in total. The largest absolute Gasteiger partial charge is 0.508 e. The lowest BCUT2D eigenvalue weighted by molar-refractivity contribution is 0.415. The minimum atomic E-state index is 0.202. The first-order chi connectivity index (χ1) is 24.5. The van der Waals surface area contributed by atoms with Gasteiger partial charge in [0.2, 0.25) is 0 Å². The number of benzene rings is 3. The molecule has 6 aromatic rings. The SMILES string of the molecule is CCCc1c2nc(c(-c3cccc(OC)c3)c3ccc([nH]3)c(-c3ccc(O)cc3)c3nc(c(-c4cccc(OC)c4)c4ccc1[nH]4)C=C3)C=C2. The summed E-state index contributed by atoms with van der Waals surface area (Å²) in [6, 6.07) is 31.9. The Labute approximate surface area is 290 Å². The van der Waals surface area contributed by atoms with Crippen molar-refractivity contribution in [3.63, 3.8) is 0 Å². The summed E-state index contributed by atoms with van der Waals surface area (Å²) < 4.78 is 11.3. The molecule has 8 rings (SSSR count). The molecule has 2 aliphatic rings. The highest BCUT2D eigenvalue weighted by atomic mass is 16.5. The van der Waals surface area contributed by atoms with E-state index in [0.29, 0.717) is 0 Å². The van der Waals surface area contributed by atoms with Gasteiger partial charge in [-0.3, -0.25) is 0 Å². The van der Waals surface area contributed by atoms with Crippen molar-refractivity contribution in [3.05, 3.63) is 125 Å². The van der Waals surface area contributed by atoms with E-state index in [1.54, 1.807) is 26.4 Å². The molecule has 0 saturated carbocycles. The molecule has 0 aliphatic carbocycles. The number of rotatable bonds is 7. The third-order valence-electron chi connectivity index (χ3n) is 9.24. The van der Waals surface area contributed by atoms with Crippen LogP contribution in [0.4, 0.5) is 0 Å². The van der Waals surface area contributed by atoms with Crippen molar-refractivity contribution in [1.29, 1.82) is 0 Å². The predicted octanol–water partition coefficient (Wildman–Crippen LogP) is 10.3. The summed E-state index contributed by atoms with van der Waals surface area (Å²) in [5, 5.41) is 10.2. The summed E-state index contributed by atoms with van der Waals surface area (Å²) >= 11 is 0. The van der Waals surface area contributed by atoms with Gasteiger partial charge in [0.1, 0.15) is 17.2 Å². The van der Waals surface area contributed by atoms with Gasteiger partial charge in [-0.1, -0.05) is 49.7 Å². The molecule has 0 unspecified atom stereocenters. The average molecular weight is 657 g/mol. The van der Waals surface area contributed by atoms with Crippen molar-refractivity contribution in [2.75, 3.05) is 14.2 Å². The van der Waals surface area contributed by atoms with Gasteiger partial charge < -0.3 is 24.5 Å². The zero-order valence-electron chi connectivity index (χ0n) is 28.1. The van der Waals surface area contributed by atoms with Crippen molar-refractivity contribution < 1.29 is 14.6 Å². The summed E-state index contributed by atoms with van der Waals surface area (Å²) in [6.07, 6.45) is 10.2. The third kappa shape index (κ3) is 5.62. The Kier molecular flexibility index (Phi) is 8.01. The zero-order chi connectivity index (χ0) is 34.2. The summed E-state index contributed by atoms with van der Waals surface area (Å²) in [4.78, 5) is 18.1. The van der Waals surface area contributed by atoms with Gasteiger partial charge in [0, 0.05) is 44.3 Å². The maximum atomic E-state index is 10.2. The van der Waals surface area contributed by atoms with Crippen LogP contribution in [-0.4, -0.2) is 39.3 Å². The van der Waals surface area contributed by atoms with Crippen LogP contribution in [-0.2, 0) is 6.42 Å². The topological polar surface area (TPSA) is 96.1 Å². The Hall–Kier alpha value is -6.34. The van der Waals surface area contributed by atoms with Crippen LogP contribution in [0, 0.1) is 0 Å². The Morgan fingerprint density at radius 3 is 1.52 bits per heavy atom. The second kappa shape index (κ2) is 12.9. The van der Waals surface area contributed by atoms with Crippen LogP contribution in [0.25, 0.3) is 79.8 Å². The number of phenols is 1. The Morgan fingerprint density at radius 1 is 0.540 bits per heavy atom. The van der Waals surface area contributed by atoms with E-state index in [0.717, 1.165) is 108 Å². The van der Waals surface area contributed by atoms with Gasteiger partial charge in [-0.05, 0) is 108 Å². The number of H-pyrrole nitrogens is 2. The maximum absolute atomic E-state index is 10.2. The van der Waals surface area contributed by atoms with Crippen molar-refractivity contribution in [2.45, 2.75) is 19.8 Å². The van der Waals surface area contributed by atoms with E-state index in [1.165, 1.54) is 0 Å². The second-order valence-electron chi connectivity index (χ2n) is 12.4. The minimum Gasteiger partial charge on any atom is -0.508 e. The molecule has 0 fully saturated rings. The highest BCUT2D eigenvalue weighted by Gasteiger charge is 2.18.